The Kier molecular flexibility index (Phi) is 3.26. The van der Waals surface area contributed by atoms with E-state index in [1.165, 1.54) is 0 Å². The number of carbonyl (C=O) groups is 1. The summed E-state index contributed by atoms with van der Waals surface area (Å²) in [7, 11) is 0. The third kappa shape index (κ3) is 2.66. The van der Waals surface area contributed by atoms with Crippen molar-refractivity contribution in [2.75, 3.05) is 0 Å². The Hall–Kier alpha value is -2.71. The lowest BCUT2D eigenvalue weighted by atomic mass is 10.1. The van der Waals surface area contributed by atoms with Gasteiger partial charge < -0.3 is 5.73 Å². The zero-order chi connectivity index (χ0) is 14.9. The molecule has 0 saturated carbocycles. The molecular weight excluding hydrogens is 277 g/mol. The number of aromatic nitrogens is 3. The van der Waals surface area contributed by atoms with Crippen molar-refractivity contribution in [2.24, 2.45) is 5.73 Å². The van der Waals surface area contributed by atoms with E-state index >= 15 is 0 Å². The summed E-state index contributed by atoms with van der Waals surface area (Å²) < 4.78 is 37.1. The van der Waals surface area contributed by atoms with E-state index in [0.717, 1.165) is 24.4 Å². The minimum Gasteiger partial charge on any atom is -0.365 e. The van der Waals surface area contributed by atoms with E-state index in [9.17, 15) is 22.8 Å². The molecule has 2 heterocycles. The van der Waals surface area contributed by atoms with Crippen LogP contribution in [0.1, 0.15) is 16.1 Å². The number of alkyl halides is 3. The Bertz CT molecular complexity index is 707. The van der Waals surface area contributed by atoms with E-state index in [4.69, 9.17) is 5.73 Å². The Morgan fingerprint density at radius 2 is 2.00 bits per heavy atom. The van der Waals surface area contributed by atoms with Gasteiger partial charge in [-0.05, 0) is 18.2 Å². The number of hydrogen-bond acceptors (Lipinski definition) is 4. The summed E-state index contributed by atoms with van der Waals surface area (Å²) >= 11 is 0. The molecule has 2 rings (SSSR count). The molecule has 0 bridgehead atoms. The second-order valence-electron chi connectivity index (χ2n) is 3.79. The van der Waals surface area contributed by atoms with E-state index in [-0.39, 0.29) is 16.8 Å². The van der Waals surface area contributed by atoms with Crippen LogP contribution in [0.4, 0.5) is 13.2 Å². The highest BCUT2D eigenvalue weighted by Gasteiger charge is 2.32. The van der Waals surface area contributed by atoms with Gasteiger partial charge in [-0.15, -0.1) is 0 Å². The fourth-order valence-electron chi connectivity index (χ4n) is 1.45. The third-order valence-electron chi connectivity index (χ3n) is 2.42. The van der Waals surface area contributed by atoms with Gasteiger partial charge in [-0.2, -0.15) is 18.3 Å². The zero-order valence-electron chi connectivity index (χ0n) is 9.73. The van der Waals surface area contributed by atoms with Crippen molar-refractivity contribution in [3.63, 3.8) is 0 Å². The molecule has 20 heavy (non-hydrogen) atoms. The highest BCUT2D eigenvalue weighted by molar-refractivity contribution is 5.93. The van der Waals surface area contributed by atoms with Gasteiger partial charge in [-0.25, -0.2) is 5.10 Å². The summed E-state index contributed by atoms with van der Waals surface area (Å²) in [5, 5.41) is 5.65. The summed E-state index contributed by atoms with van der Waals surface area (Å²) in [6.45, 7) is 0. The van der Waals surface area contributed by atoms with Crippen molar-refractivity contribution < 1.29 is 18.0 Å². The summed E-state index contributed by atoms with van der Waals surface area (Å²) in [5.74, 6) is -0.963. The molecule has 9 heteroatoms. The Labute approximate surface area is 109 Å². The number of halogens is 3. The molecular formula is C11H7F3N4O2. The molecule has 0 spiro atoms. The normalized spacial score (nSPS) is 11.3. The number of rotatable bonds is 2. The van der Waals surface area contributed by atoms with Gasteiger partial charge in [0.05, 0.1) is 5.69 Å². The molecule has 0 aromatic carbocycles. The first kappa shape index (κ1) is 13.7. The number of nitrogens with one attached hydrogen (secondary N) is 1. The number of hydrogen-bond donors (Lipinski definition) is 2. The summed E-state index contributed by atoms with van der Waals surface area (Å²) in [6, 6.07) is 2.98. The first-order chi connectivity index (χ1) is 9.29. The summed E-state index contributed by atoms with van der Waals surface area (Å²) in [4.78, 5) is 25.5. The van der Waals surface area contributed by atoms with Gasteiger partial charge in [0, 0.05) is 11.8 Å². The molecule has 2 aromatic heterocycles. The molecule has 6 nitrogen and oxygen atoms in total. The van der Waals surface area contributed by atoms with Crippen molar-refractivity contribution in [3.8, 4) is 11.3 Å². The van der Waals surface area contributed by atoms with E-state index in [1.54, 1.807) is 0 Å². The topological polar surface area (TPSA) is 102 Å². The van der Waals surface area contributed by atoms with Crippen LogP contribution < -0.4 is 11.3 Å². The largest absolute Gasteiger partial charge is 0.433 e. The Balaban J connectivity index is 2.45. The van der Waals surface area contributed by atoms with E-state index in [2.05, 4.69) is 10.1 Å². The maximum absolute atomic E-state index is 12.4. The van der Waals surface area contributed by atoms with Gasteiger partial charge in [0.2, 0.25) is 0 Å². The van der Waals surface area contributed by atoms with Crippen LogP contribution in [0, 0.1) is 0 Å². The lowest BCUT2D eigenvalue weighted by Crippen LogP contribution is -2.24. The molecule has 0 aliphatic rings. The molecule has 0 aliphatic heterocycles. The van der Waals surface area contributed by atoms with Crippen LogP contribution in [0.25, 0.3) is 11.3 Å². The lowest BCUT2D eigenvalue weighted by Gasteiger charge is -2.06. The number of nitrogens with zero attached hydrogens (tertiary/aromatic N) is 2. The predicted octanol–water partition coefficient (Wildman–Crippen LogP) is 0.950. The van der Waals surface area contributed by atoms with E-state index < -0.39 is 23.3 Å². The first-order valence-corrected chi connectivity index (χ1v) is 5.22. The van der Waals surface area contributed by atoms with Crippen LogP contribution in [0.5, 0.6) is 0 Å². The maximum Gasteiger partial charge on any atom is 0.433 e. The van der Waals surface area contributed by atoms with Crippen molar-refractivity contribution in [3.05, 3.63) is 46.0 Å². The minimum atomic E-state index is -4.55. The van der Waals surface area contributed by atoms with E-state index in [0.29, 0.717) is 0 Å². The Morgan fingerprint density at radius 3 is 2.50 bits per heavy atom. The quantitative estimate of drug-likeness (QED) is 0.857. The number of pyridine rings is 1. The molecule has 1 amide bonds. The molecule has 3 N–H and O–H groups in total. The fraction of sp³-hybridized carbons (Fsp3) is 0.0909. The Morgan fingerprint density at radius 1 is 1.30 bits per heavy atom. The van der Waals surface area contributed by atoms with Crippen LogP contribution in [0.3, 0.4) is 0 Å². The van der Waals surface area contributed by atoms with Gasteiger partial charge in [0.1, 0.15) is 11.3 Å². The smallest absolute Gasteiger partial charge is 0.365 e. The highest BCUT2D eigenvalue weighted by Crippen LogP contribution is 2.28. The zero-order valence-corrected chi connectivity index (χ0v) is 9.73. The highest BCUT2D eigenvalue weighted by atomic mass is 19.4. The second kappa shape index (κ2) is 4.76. The van der Waals surface area contributed by atoms with Gasteiger partial charge in [-0.1, -0.05) is 0 Å². The summed E-state index contributed by atoms with van der Waals surface area (Å²) in [6.07, 6.45) is -3.61. The lowest BCUT2D eigenvalue weighted by molar-refractivity contribution is -0.141. The average molecular weight is 284 g/mol. The number of amides is 1. The number of H-pyrrole nitrogens is 1. The van der Waals surface area contributed by atoms with Crippen LogP contribution in [0.2, 0.25) is 0 Å². The third-order valence-corrected chi connectivity index (χ3v) is 2.42. The summed E-state index contributed by atoms with van der Waals surface area (Å²) in [5.41, 5.74) is 3.11. The molecule has 0 radical (unpaired) electrons. The van der Waals surface area contributed by atoms with Crippen LogP contribution >= 0.6 is 0 Å². The van der Waals surface area contributed by atoms with Crippen LogP contribution in [-0.4, -0.2) is 21.1 Å². The number of carbonyl (C=O) groups excluding carboxylic acids is 1. The average Bonchev–Trinajstić information content (AvgIpc) is 2.38. The standard InChI is InChI=1S/C11H7F3N4O2/c12-11(13,14)8-2-1-5(4-16-8)7-3-6(9(15)19)10(20)18-17-7/h1-4H,(H2,15,19)(H,18,20). The molecule has 0 fully saturated rings. The fourth-order valence-corrected chi connectivity index (χ4v) is 1.45. The van der Waals surface area contributed by atoms with Crippen molar-refractivity contribution in [1.29, 1.82) is 0 Å². The van der Waals surface area contributed by atoms with Gasteiger partial charge in [0.15, 0.2) is 0 Å². The predicted molar refractivity (Wildman–Crippen MR) is 61.6 cm³/mol. The molecule has 104 valence electrons. The minimum absolute atomic E-state index is 0.0830. The first-order valence-electron chi connectivity index (χ1n) is 5.22. The molecule has 0 atom stereocenters. The van der Waals surface area contributed by atoms with Gasteiger partial charge >= 0.3 is 6.18 Å². The number of primary amides is 1. The van der Waals surface area contributed by atoms with Crippen LogP contribution in [-0.2, 0) is 6.18 Å². The van der Waals surface area contributed by atoms with E-state index in [1.807, 2.05) is 5.10 Å². The molecule has 0 aliphatic carbocycles. The number of aromatic amines is 1. The van der Waals surface area contributed by atoms with Gasteiger partial charge in [0.25, 0.3) is 11.5 Å². The number of nitrogens with two attached hydrogens (primary N) is 1. The van der Waals surface area contributed by atoms with Gasteiger partial charge in [-0.3, -0.25) is 14.6 Å². The molecule has 0 unspecified atom stereocenters. The molecule has 2 aromatic rings. The monoisotopic (exact) mass is 284 g/mol. The van der Waals surface area contributed by atoms with Crippen molar-refractivity contribution >= 4 is 5.91 Å². The van der Waals surface area contributed by atoms with Crippen molar-refractivity contribution in [2.45, 2.75) is 6.18 Å². The van der Waals surface area contributed by atoms with Crippen LogP contribution in [0.15, 0.2) is 29.2 Å². The second-order valence-corrected chi connectivity index (χ2v) is 3.79. The SMILES string of the molecule is NC(=O)c1cc(-c2ccc(C(F)(F)F)nc2)n[nH]c1=O. The molecule has 0 saturated heterocycles. The maximum atomic E-state index is 12.4. The van der Waals surface area contributed by atoms with Crippen molar-refractivity contribution in [1.82, 2.24) is 15.2 Å².